The van der Waals surface area contributed by atoms with Crippen LogP contribution in [-0.4, -0.2) is 5.91 Å². The first-order valence-electron chi connectivity index (χ1n) is 6.23. The summed E-state index contributed by atoms with van der Waals surface area (Å²) in [6.07, 6.45) is 0. The second-order valence-corrected chi connectivity index (χ2v) is 5.37. The van der Waals surface area contributed by atoms with Crippen LogP contribution in [0.4, 0.5) is 5.69 Å². The van der Waals surface area contributed by atoms with Crippen molar-refractivity contribution in [3.05, 3.63) is 75.3 Å². The second kappa shape index (κ2) is 5.54. The smallest absolute Gasteiger partial charge is 0.344 e. The van der Waals surface area contributed by atoms with Gasteiger partial charge in [0.2, 0.25) is 0 Å². The molecule has 1 N–H and O–H groups in total. The molecule has 0 saturated carbocycles. The molecule has 21 heavy (non-hydrogen) atoms. The molecule has 0 atom stereocenters. The first kappa shape index (κ1) is 13.6. The lowest BCUT2D eigenvalue weighted by Crippen LogP contribution is -2.14. The number of carbonyl (C=O) groups is 1. The zero-order chi connectivity index (χ0) is 14.8. The Balaban J connectivity index is 1.96. The highest BCUT2D eigenvalue weighted by atomic mass is 79.9. The Labute approximate surface area is 128 Å². The van der Waals surface area contributed by atoms with Crippen LogP contribution in [0.2, 0.25) is 0 Å². The molecule has 1 amide bonds. The monoisotopic (exact) mass is 343 g/mol. The summed E-state index contributed by atoms with van der Waals surface area (Å²) in [6.45, 7) is 0. The van der Waals surface area contributed by atoms with Gasteiger partial charge in [0.15, 0.2) is 5.76 Å². The van der Waals surface area contributed by atoms with Crippen molar-refractivity contribution < 1.29 is 9.21 Å². The van der Waals surface area contributed by atoms with Gasteiger partial charge < -0.3 is 9.73 Å². The lowest BCUT2D eigenvalue weighted by atomic mass is 10.1. The number of amides is 1. The fraction of sp³-hybridized carbons (Fsp3) is 0. The highest BCUT2D eigenvalue weighted by Gasteiger charge is 2.12. The topological polar surface area (TPSA) is 59.3 Å². The number of halogens is 1. The molecule has 0 aliphatic rings. The molecular formula is C16H10BrNO3. The minimum absolute atomic E-state index is 0.0151. The van der Waals surface area contributed by atoms with Crippen molar-refractivity contribution in [2.24, 2.45) is 0 Å². The molecule has 5 heteroatoms. The van der Waals surface area contributed by atoms with Gasteiger partial charge in [-0.15, -0.1) is 0 Å². The summed E-state index contributed by atoms with van der Waals surface area (Å²) in [5.74, 6) is -0.477. The van der Waals surface area contributed by atoms with Gasteiger partial charge in [-0.05, 0) is 35.7 Å². The Morgan fingerprint density at radius 3 is 2.67 bits per heavy atom. The minimum atomic E-state index is -0.521. The molecule has 104 valence electrons. The summed E-state index contributed by atoms with van der Waals surface area (Å²) in [7, 11) is 0. The molecule has 0 fully saturated rings. The molecule has 0 aliphatic heterocycles. The molecule has 1 aromatic heterocycles. The Morgan fingerprint density at radius 1 is 1.05 bits per heavy atom. The van der Waals surface area contributed by atoms with Gasteiger partial charge in [0, 0.05) is 10.2 Å². The summed E-state index contributed by atoms with van der Waals surface area (Å²) in [6, 6.07) is 15.7. The third kappa shape index (κ3) is 2.87. The van der Waals surface area contributed by atoms with Gasteiger partial charge in [0.05, 0.1) is 5.39 Å². The largest absolute Gasteiger partial charge is 0.417 e. The van der Waals surface area contributed by atoms with E-state index in [0.717, 1.165) is 4.47 Å². The first-order chi connectivity index (χ1) is 10.1. The van der Waals surface area contributed by atoms with Gasteiger partial charge in [-0.25, -0.2) is 4.79 Å². The van der Waals surface area contributed by atoms with E-state index < -0.39 is 11.5 Å². The fourth-order valence-electron chi connectivity index (χ4n) is 2.01. The van der Waals surface area contributed by atoms with Gasteiger partial charge in [0.1, 0.15) is 0 Å². The summed E-state index contributed by atoms with van der Waals surface area (Å²) < 4.78 is 5.92. The molecule has 0 radical (unpaired) electrons. The van der Waals surface area contributed by atoms with Crippen molar-refractivity contribution in [2.45, 2.75) is 0 Å². The quantitative estimate of drug-likeness (QED) is 0.769. The van der Waals surface area contributed by atoms with Crippen LogP contribution >= 0.6 is 15.9 Å². The average Bonchev–Trinajstić information content (AvgIpc) is 2.47. The van der Waals surface area contributed by atoms with Crippen molar-refractivity contribution in [1.82, 2.24) is 0 Å². The SMILES string of the molecule is O=C(Nc1cccc(Br)c1)c1cc2ccccc2c(=O)o1. The van der Waals surface area contributed by atoms with E-state index in [1.165, 1.54) is 0 Å². The first-order valence-corrected chi connectivity index (χ1v) is 7.02. The van der Waals surface area contributed by atoms with E-state index >= 15 is 0 Å². The van der Waals surface area contributed by atoms with Crippen LogP contribution in [0, 0.1) is 0 Å². The van der Waals surface area contributed by atoms with Crippen LogP contribution in [0.5, 0.6) is 0 Å². The van der Waals surface area contributed by atoms with E-state index in [2.05, 4.69) is 21.2 Å². The molecule has 0 spiro atoms. The zero-order valence-corrected chi connectivity index (χ0v) is 12.4. The Bertz CT molecular complexity index is 886. The number of hydrogen-bond donors (Lipinski definition) is 1. The maximum absolute atomic E-state index is 12.2. The number of fused-ring (bicyclic) bond motifs is 1. The fourth-order valence-corrected chi connectivity index (χ4v) is 2.40. The third-order valence-corrected chi connectivity index (χ3v) is 3.47. The average molecular weight is 344 g/mol. The van der Waals surface area contributed by atoms with Crippen molar-refractivity contribution in [1.29, 1.82) is 0 Å². The van der Waals surface area contributed by atoms with Gasteiger partial charge in [0.25, 0.3) is 5.91 Å². The van der Waals surface area contributed by atoms with Crippen LogP contribution in [0.3, 0.4) is 0 Å². The molecule has 0 unspecified atom stereocenters. The van der Waals surface area contributed by atoms with Crippen molar-refractivity contribution >= 4 is 38.3 Å². The number of nitrogens with one attached hydrogen (secondary N) is 1. The molecular weight excluding hydrogens is 334 g/mol. The number of hydrogen-bond acceptors (Lipinski definition) is 3. The third-order valence-electron chi connectivity index (χ3n) is 2.98. The van der Waals surface area contributed by atoms with Crippen LogP contribution in [0.1, 0.15) is 10.6 Å². The lowest BCUT2D eigenvalue weighted by Gasteiger charge is -2.05. The standard InChI is InChI=1S/C16H10BrNO3/c17-11-5-3-6-12(9-11)18-15(19)14-8-10-4-1-2-7-13(10)16(20)21-14/h1-9H,(H,18,19). The lowest BCUT2D eigenvalue weighted by molar-refractivity contribution is 0.0993. The number of carbonyl (C=O) groups excluding carboxylic acids is 1. The molecule has 0 saturated heterocycles. The van der Waals surface area contributed by atoms with Crippen molar-refractivity contribution in [3.63, 3.8) is 0 Å². The molecule has 4 nitrogen and oxygen atoms in total. The zero-order valence-electron chi connectivity index (χ0n) is 10.8. The normalized spacial score (nSPS) is 10.5. The van der Waals surface area contributed by atoms with E-state index in [-0.39, 0.29) is 5.76 Å². The Hall–Kier alpha value is -2.40. The molecule has 0 aliphatic carbocycles. The molecule has 2 aromatic carbocycles. The van der Waals surface area contributed by atoms with E-state index in [1.807, 2.05) is 6.07 Å². The maximum atomic E-state index is 12.2. The van der Waals surface area contributed by atoms with Gasteiger partial charge >= 0.3 is 5.63 Å². The number of anilines is 1. The van der Waals surface area contributed by atoms with Crippen LogP contribution in [0.25, 0.3) is 10.8 Å². The second-order valence-electron chi connectivity index (χ2n) is 4.45. The van der Waals surface area contributed by atoms with Crippen LogP contribution in [0.15, 0.2) is 68.3 Å². The van der Waals surface area contributed by atoms with Crippen molar-refractivity contribution in [2.75, 3.05) is 5.32 Å². The molecule has 0 bridgehead atoms. The maximum Gasteiger partial charge on any atom is 0.344 e. The Morgan fingerprint density at radius 2 is 1.86 bits per heavy atom. The van der Waals surface area contributed by atoms with Gasteiger partial charge in [-0.3, -0.25) is 4.79 Å². The summed E-state index contributed by atoms with van der Waals surface area (Å²) in [4.78, 5) is 24.0. The number of rotatable bonds is 2. The highest BCUT2D eigenvalue weighted by molar-refractivity contribution is 9.10. The van der Waals surface area contributed by atoms with Crippen LogP contribution < -0.4 is 10.9 Å². The predicted octanol–water partition coefficient (Wildman–Crippen LogP) is 3.81. The molecule has 3 rings (SSSR count). The van der Waals surface area contributed by atoms with E-state index in [9.17, 15) is 9.59 Å². The van der Waals surface area contributed by atoms with E-state index in [4.69, 9.17) is 4.42 Å². The molecule has 3 aromatic rings. The van der Waals surface area contributed by atoms with Crippen LogP contribution in [-0.2, 0) is 0 Å². The highest BCUT2D eigenvalue weighted by Crippen LogP contribution is 2.17. The van der Waals surface area contributed by atoms with E-state index in [1.54, 1.807) is 48.5 Å². The predicted molar refractivity (Wildman–Crippen MR) is 84.6 cm³/mol. The summed E-state index contributed by atoms with van der Waals surface area (Å²) in [5, 5.41) is 3.82. The van der Waals surface area contributed by atoms with Gasteiger partial charge in [-0.1, -0.05) is 40.2 Å². The summed E-state index contributed by atoms with van der Waals surface area (Å²) in [5.41, 5.74) is 0.0951. The number of benzene rings is 2. The minimum Gasteiger partial charge on any atom is -0.417 e. The van der Waals surface area contributed by atoms with Crippen molar-refractivity contribution in [3.8, 4) is 0 Å². The van der Waals surface area contributed by atoms with E-state index in [0.29, 0.717) is 16.5 Å². The Kier molecular flexibility index (Phi) is 3.58. The molecule has 1 heterocycles. The van der Waals surface area contributed by atoms with Gasteiger partial charge in [-0.2, -0.15) is 0 Å². The summed E-state index contributed by atoms with van der Waals surface area (Å²) >= 11 is 3.33.